The van der Waals surface area contributed by atoms with Gasteiger partial charge in [-0.3, -0.25) is 0 Å². The van der Waals surface area contributed by atoms with Crippen molar-refractivity contribution in [2.45, 2.75) is 70.7 Å². The van der Waals surface area contributed by atoms with Crippen molar-refractivity contribution in [3.63, 3.8) is 0 Å². The molecule has 2 rings (SSSR count). The van der Waals surface area contributed by atoms with Crippen LogP contribution in [0.25, 0.3) is 0 Å². The molecule has 0 spiro atoms. The highest BCUT2D eigenvalue weighted by atomic mass is 32.2. The van der Waals surface area contributed by atoms with Crippen LogP contribution in [0.3, 0.4) is 0 Å². The van der Waals surface area contributed by atoms with Crippen LogP contribution in [-0.4, -0.2) is 19.3 Å². The maximum atomic E-state index is 13.8. The second kappa shape index (κ2) is 9.10. The highest BCUT2D eigenvalue weighted by Crippen LogP contribution is 2.37. The van der Waals surface area contributed by atoms with Crippen LogP contribution in [0, 0.1) is 0 Å². The van der Waals surface area contributed by atoms with Gasteiger partial charge in [0.2, 0.25) is 10.0 Å². The Hall–Kier alpha value is -1.85. The Balaban J connectivity index is 2.71. The van der Waals surface area contributed by atoms with Crippen molar-refractivity contribution in [2.24, 2.45) is 0 Å². The van der Waals surface area contributed by atoms with Crippen molar-refractivity contribution in [2.75, 3.05) is 6.54 Å². The molecular formula is C23H33NO3S. The lowest BCUT2D eigenvalue weighted by Crippen LogP contribution is -2.32. The second-order valence-electron chi connectivity index (χ2n) is 8.16. The van der Waals surface area contributed by atoms with Crippen LogP contribution in [-0.2, 0) is 16.6 Å². The monoisotopic (exact) mass is 403 g/mol. The van der Waals surface area contributed by atoms with Crippen LogP contribution in [0.4, 0.5) is 0 Å². The third-order valence-electron chi connectivity index (χ3n) is 4.92. The van der Waals surface area contributed by atoms with E-state index >= 15 is 0 Å². The van der Waals surface area contributed by atoms with E-state index in [-0.39, 0.29) is 24.9 Å². The lowest BCUT2D eigenvalue weighted by molar-refractivity contribution is 0.385. The zero-order valence-corrected chi connectivity index (χ0v) is 18.7. The molecule has 0 saturated heterocycles. The number of furan rings is 1. The summed E-state index contributed by atoms with van der Waals surface area (Å²) in [6, 6.07) is 7.69. The van der Waals surface area contributed by atoms with Gasteiger partial charge in [0.25, 0.3) is 0 Å². The van der Waals surface area contributed by atoms with Crippen LogP contribution in [0.2, 0.25) is 0 Å². The van der Waals surface area contributed by atoms with Gasteiger partial charge in [-0.2, -0.15) is 4.31 Å². The van der Waals surface area contributed by atoms with Gasteiger partial charge in [-0.15, -0.1) is 6.58 Å². The molecule has 1 aromatic carbocycles. The molecule has 1 heterocycles. The van der Waals surface area contributed by atoms with Crippen LogP contribution in [0.1, 0.15) is 81.7 Å². The van der Waals surface area contributed by atoms with Crippen LogP contribution in [0.5, 0.6) is 0 Å². The average molecular weight is 404 g/mol. The minimum atomic E-state index is -3.73. The number of hydrogen-bond acceptors (Lipinski definition) is 3. The smallest absolute Gasteiger partial charge is 0.244 e. The quantitative estimate of drug-likeness (QED) is 0.481. The summed E-state index contributed by atoms with van der Waals surface area (Å²) >= 11 is 0. The van der Waals surface area contributed by atoms with Gasteiger partial charge in [0.05, 0.1) is 17.7 Å². The number of nitrogens with zero attached hydrogens (tertiary/aromatic N) is 1. The van der Waals surface area contributed by atoms with E-state index in [0.717, 1.165) is 11.1 Å². The van der Waals surface area contributed by atoms with Gasteiger partial charge in [0.15, 0.2) is 0 Å². The molecule has 0 amide bonds. The molecule has 0 radical (unpaired) electrons. The SMILES string of the molecule is C=CCN(Cc1ccco1)S(=O)(=O)c1c(C(C)C)cc(C(C)C)cc1C(C)C. The first-order chi connectivity index (χ1) is 13.1. The van der Waals surface area contributed by atoms with E-state index in [1.165, 1.54) is 9.87 Å². The third kappa shape index (κ3) is 4.76. The molecule has 0 fully saturated rings. The average Bonchev–Trinajstić information content (AvgIpc) is 3.13. The minimum Gasteiger partial charge on any atom is -0.468 e. The zero-order chi connectivity index (χ0) is 21.1. The molecule has 0 unspecified atom stereocenters. The number of benzene rings is 1. The first-order valence-electron chi connectivity index (χ1n) is 9.90. The molecule has 0 saturated carbocycles. The molecule has 0 bridgehead atoms. The van der Waals surface area contributed by atoms with E-state index in [2.05, 4.69) is 32.6 Å². The van der Waals surface area contributed by atoms with Gasteiger partial charge >= 0.3 is 0 Å². The normalized spacial score (nSPS) is 12.5. The van der Waals surface area contributed by atoms with Crippen molar-refractivity contribution >= 4 is 10.0 Å². The summed E-state index contributed by atoms with van der Waals surface area (Å²) in [7, 11) is -3.73. The fraction of sp³-hybridized carbons (Fsp3) is 0.478. The predicted octanol–water partition coefficient (Wildman–Crippen LogP) is 6.03. The van der Waals surface area contributed by atoms with Gasteiger partial charge in [-0.25, -0.2) is 8.42 Å². The summed E-state index contributed by atoms with van der Waals surface area (Å²) in [5.41, 5.74) is 2.93. The van der Waals surface area contributed by atoms with Gasteiger partial charge in [0.1, 0.15) is 5.76 Å². The molecule has 0 N–H and O–H groups in total. The van der Waals surface area contributed by atoms with Gasteiger partial charge in [-0.1, -0.05) is 59.8 Å². The Morgan fingerprint density at radius 1 is 1.04 bits per heavy atom. The van der Waals surface area contributed by atoms with E-state index in [0.29, 0.717) is 16.6 Å². The van der Waals surface area contributed by atoms with E-state index < -0.39 is 10.0 Å². The van der Waals surface area contributed by atoms with Crippen LogP contribution < -0.4 is 0 Å². The van der Waals surface area contributed by atoms with E-state index in [4.69, 9.17) is 4.42 Å². The molecule has 0 aliphatic heterocycles. The first kappa shape index (κ1) is 22.4. The lowest BCUT2D eigenvalue weighted by atomic mass is 9.89. The molecule has 0 aliphatic rings. The minimum absolute atomic E-state index is 0.0927. The summed E-state index contributed by atoms with van der Waals surface area (Å²) in [4.78, 5) is 0.440. The van der Waals surface area contributed by atoms with Crippen molar-refractivity contribution in [3.8, 4) is 0 Å². The van der Waals surface area contributed by atoms with Gasteiger partial charge in [0, 0.05) is 6.54 Å². The summed E-state index contributed by atoms with van der Waals surface area (Å²) < 4.78 is 34.5. The van der Waals surface area contributed by atoms with Crippen molar-refractivity contribution in [1.82, 2.24) is 4.31 Å². The maximum absolute atomic E-state index is 13.8. The molecule has 28 heavy (non-hydrogen) atoms. The number of rotatable bonds is 9. The van der Waals surface area contributed by atoms with E-state index in [1.807, 2.05) is 27.7 Å². The Kier molecular flexibility index (Phi) is 7.29. The lowest BCUT2D eigenvalue weighted by Gasteiger charge is -2.27. The Labute approximate surface area is 170 Å². The molecule has 5 heteroatoms. The number of hydrogen-bond donors (Lipinski definition) is 0. The Bertz CT molecular complexity index is 865. The fourth-order valence-corrected chi connectivity index (χ4v) is 5.33. The summed E-state index contributed by atoms with van der Waals surface area (Å²) in [6.45, 7) is 16.6. The number of sulfonamides is 1. The third-order valence-corrected chi connectivity index (χ3v) is 6.87. The van der Waals surface area contributed by atoms with Crippen molar-refractivity contribution in [1.29, 1.82) is 0 Å². The zero-order valence-electron chi connectivity index (χ0n) is 17.9. The summed E-state index contributed by atoms with van der Waals surface area (Å²) in [5.74, 6) is 1.13. The highest BCUT2D eigenvalue weighted by Gasteiger charge is 2.32. The Morgan fingerprint density at radius 3 is 2.00 bits per heavy atom. The molecule has 2 aromatic rings. The van der Waals surface area contributed by atoms with E-state index in [9.17, 15) is 8.42 Å². The standard InChI is InChI=1S/C23H33NO3S/c1-8-11-24(15-20-10-9-12-27-20)28(25,26)23-21(17(4)5)13-19(16(2)3)14-22(23)18(6)7/h8-10,12-14,16-18H,1,11,15H2,2-7H3. The van der Waals surface area contributed by atoms with Crippen LogP contribution in [0.15, 0.2) is 52.5 Å². The summed E-state index contributed by atoms with van der Waals surface area (Å²) in [6.07, 6.45) is 3.18. The van der Waals surface area contributed by atoms with Gasteiger partial charge < -0.3 is 4.42 Å². The topological polar surface area (TPSA) is 50.5 Å². The van der Waals surface area contributed by atoms with Crippen molar-refractivity contribution in [3.05, 3.63) is 65.6 Å². The molecule has 1 aromatic heterocycles. The van der Waals surface area contributed by atoms with Crippen molar-refractivity contribution < 1.29 is 12.8 Å². The largest absolute Gasteiger partial charge is 0.468 e. The Morgan fingerprint density at radius 2 is 1.61 bits per heavy atom. The first-order valence-corrected chi connectivity index (χ1v) is 11.3. The molecular weight excluding hydrogens is 370 g/mol. The fourth-order valence-electron chi connectivity index (χ4n) is 3.28. The molecule has 0 atom stereocenters. The van der Waals surface area contributed by atoms with Crippen LogP contribution >= 0.6 is 0 Å². The predicted molar refractivity (Wildman–Crippen MR) is 115 cm³/mol. The molecule has 0 aliphatic carbocycles. The molecule has 4 nitrogen and oxygen atoms in total. The highest BCUT2D eigenvalue weighted by molar-refractivity contribution is 7.89. The summed E-state index contributed by atoms with van der Waals surface area (Å²) in [5, 5.41) is 0. The van der Waals surface area contributed by atoms with E-state index in [1.54, 1.807) is 24.5 Å². The molecule has 154 valence electrons. The van der Waals surface area contributed by atoms with Gasteiger partial charge in [-0.05, 0) is 46.6 Å². The second-order valence-corrected chi connectivity index (χ2v) is 10.0. The maximum Gasteiger partial charge on any atom is 0.244 e.